The molecule has 3 nitrogen and oxygen atoms in total. The molecule has 1 atom stereocenters. The Bertz CT molecular complexity index is 241. The lowest BCUT2D eigenvalue weighted by molar-refractivity contribution is 0.0508. The number of nitrogens with zero attached hydrogens (tertiary/aromatic N) is 2. The van der Waals surface area contributed by atoms with Gasteiger partial charge in [-0.05, 0) is 33.2 Å². The fourth-order valence-electron chi connectivity index (χ4n) is 2.66. The van der Waals surface area contributed by atoms with Gasteiger partial charge in [-0.3, -0.25) is 9.80 Å². The Labute approximate surface area is 114 Å². The van der Waals surface area contributed by atoms with Crippen molar-refractivity contribution in [3.8, 4) is 0 Å². The van der Waals surface area contributed by atoms with E-state index in [1.807, 2.05) is 0 Å². The Morgan fingerprint density at radius 3 is 1.78 bits per heavy atom. The summed E-state index contributed by atoms with van der Waals surface area (Å²) >= 11 is 0. The van der Waals surface area contributed by atoms with Crippen LogP contribution in [0, 0.1) is 5.41 Å². The second kappa shape index (κ2) is 5.89. The second-order valence-electron chi connectivity index (χ2n) is 7.67. The van der Waals surface area contributed by atoms with Gasteiger partial charge in [0.25, 0.3) is 0 Å². The molecule has 1 heterocycles. The molecule has 1 N–H and O–H groups in total. The molecule has 18 heavy (non-hydrogen) atoms. The highest BCUT2D eigenvalue weighted by atomic mass is 15.3. The zero-order chi connectivity index (χ0) is 14.0. The van der Waals surface area contributed by atoms with Gasteiger partial charge in [0, 0.05) is 44.3 Å². The summed E-state index contributed by atoms with van der Waals surface area (Å²) in [4.78, 5) is 5.20. The predicted molar refractivity (Wildman–Crippen MR) is 80.1 cm³/mol. The molecule has 1 rings (SSSR count). The van der Waals surface area contributed by atoms with E-state index in [0.717, 1.165) is 6.54 Å². The lowest BCUT2D eigenvalue weighted by Gasteiger charge is -2.44. The van der Waals surface area contributed by atoms with Gasteiger partial charge >= 0.3 is 0 Å². The first-order valence-electron chi connectivity index (χ1n) is 7.29. The molecule has 1 unspecified atom stereocenters. The number of nitrogens with one attached hydrogen (secondary N) is 1. The van der Waals surface area contributed by atoms with Gasteiger partial charge in [-0.25, -0.2) is 0 Å². The van der Waals surface area contributed by atoms with E-state index in [-0.39, 0.29) is 0 Å². The molecule has 108 valence electrons. The van der Waals surface area contributed by atoms with E-state index in [1.54, 1.807) is 0 Å². The summed E-state index contributed by atoms with van der Waals surface area (Å²) in [6.45, 7) is 19.9. The number of rotatable bonds is 3. The minimum absolute atomic E-state index is 0.318. The van der Waals surface area contributed by atoms with E-state index in [0.29, 0.717) is 17.0 Å². The number of hydrogen-bond acceptors (Lipinski definition) is 3. The lowest BCUT2D eigenvalue weighted by atomic mass is 9.86. The van der Waals surface area contributed by atoms with Gasteiger partial charge in [0.1, 0.15) is 0 Å². The Balaban J connectivity index is 2.44. The van der Waals surface area contributed by atoms with Crippen LogP contribution in [-0.2, 0) is 0 Å². The van der Waals surface area contributed by atoms with Gasteiger partial charge in [-0.2, -0.15) is 0 Å². The van der Waals surface area contributed by atoms with E-state index >= 15 is 0 Å². The lowest BCUT2D eigenvalue weighted by Crippen LogP contribution is -2.56. The van der Waals surface area contributed by atoms with Gasteiger partial charge < -0.3 is 5.32 Å². The van der Waals surface area contributed by atoms with Crippen LogP contribution in [0.1, 0.15) is 41.5 Å². The summed E-state index contributed by atoms with van der Waals surface area (Å²) in [7, 11) is 2.08. The standard InChI is InChI=1S/C15H33N3/c1-14(2,3)13(16-7)12-17-8-10-18(11-9-17)15(4,5)6/h13,16H,8-12H2,1-7H3. The molecule has 1 aliphatic heterocycles. The van der Waals surface area contributed by atoms with Crippen LogP contribution >= 0.6 is 0 Å². The van der Waals surface area contributed by atoms with Gasteiger partial charge in [0.2, 0.25) is 0 Å². The molecule has 3 heteroatoms. The Morgan fingerprint density at radius 2 is 1.44 bits per heavy atom. The summed E-state index contributed by atoms with van der Waals surface area (Å²) in [6, 6.07) is 0.568. The predicted octanol–water partition coefficient (Wildman–Crippen LogP) is 2.04. The molecule has 0 aliphatic carbocycles. The fraction of sp³-hybridized carbons (Fsp3) is 1.00. The van der Waals surface area contributed by atoms with Crippen molar-refractivity contribution >= 4 is 0 Å². The molecule has 0 aromatic heterocycles. The highest BCUT2D eigenvalue weighted by Gasteiger charge is 2.29. The molecule has 0 amide bonds. The monoisotopic (exact) mass is 255 g/mol. The Morgan fingerprint density at radius 1 is 0.944 bits per heavy atom. The number of likely N-dealkylation sites (N-methyl/N-ethyl adjacent to an activating group) is 1. The van der Waals surface area contributed by atoms with E-state index in [9.17, 15) is 0 Å². The maximum atomic E-state index is 3.48. The third kappa shape index (κ3) is 4.52. The van der Waals surface area contributed by atoms with Crippen LogP contribution in [0.4, 0.5) is 0 Å². The molecule has 0 aromatic rings. The van der Waals surface area contributed by atoms with Crippen LogP contribution in [0.25, 0.3) is 0 Å². The third-order valence-corrected chi connectivity index (χ3v) is 4.16. The minimum Gasteiger partial charge on any atom is -0.315 e. The van der Waals surface area contributed by atoms with Gasteiger partial charge in [-0.1, -0.05) is 20.8 Å². The molecule has 0 spiro atoms. The van der Waals surface area contributed by atoms with Crippen molar-refractivity contribution in [3.05, 3.63) is 0 Å². The zero-order valence-corrected chi connectivity index (χ0v) is 13.5. The summed E-state index contributed by atoms with van der Waals surface area (Å²) in [5, 5.41) is 3.48. The molecule has 1 aliphatic rings. The van der Waals surface area contributed by atoms with Crippen LogP contribution in [-0.4, -0.2) is 61.2 Å². The van der Waals surface area contributed by atoms with Gasteiger partial charge in [0.05, 0.1) is 0 Å². The zero-order valence-electron chi connectivity index (χ0n) is 13.5. The van der Waals surface area contributed by atoms with Crippen molar-refractivity contribution in [1.82, 2.24) is 15.1 Å². The van der Waals surface area contributed by atoms with E-state index in [1.165, 1.54) is 26.2 Å². The van der Waals surface area contributed by atoms with E-state index < -0.39 is 0 Å². The van der Waals surface area contributed by atoms with Crippen molar-refractivity contribution in [2.45, 2.75) is 53.1 Å². The van der Waals surface area contributed by atoms with Crippen LogP contribution in [0.5, 0.6) is 0 Å². The van der Waals surface area contributed by atoms with Crippen molar-refractivity contribution in [1.29, 1.82) is 0 Å². The summed E-state index contributed by atoms with van der Waals surface area (Å²) in [5.74, 6) is 0. The molecule has 1 saturated heterocycles. The molecule has 0 radical (unpaired) electrons. The van der Waals surface area contributed by atoms with Crippen LogP contribution in [0.2, 0.25) is 0 Å². The second-order valence-corrected chi connectivity index (χ2v) is 7.67. The third-order valence-electron chi connectivity index (χ3n) is 4.16. The summed E-state index contributed by atoms with van der Waals surface area (Å²) < 4.78 is 0. The number of hydrogen-bond donors (Lipinski definition) is 1. The van der Waals surface area contributed by atoms with E-state index in [4.69, 9.17) is 0 Å². The largest absolute Gasteiger partial charge is 0.315 e. The highest BCUT2D eigenvalue weighted by molar-refractivity contribution is 4.86. The van der Waals surface area contributed by atoms with Gasteiger partial charge in [-0.15, -0.1) is 0 Å². The van der Waals surface area contributed by atoms with E-state index in [2.05, 4.69) is 63.7 Å². The van der Waals surface area contributed by atoms with Gasteiger partial charge in [0.15, 0.2) is 0 Å². The molecule has 0 bridgehead atoms. The topological polar surface area (TPSA) is 18.5 Å². The maximum absolute atomic E-state index is 3.48. The Hall–Kier alpha value is -0.120. The summed E-state index contributed by atoms with van der Waals surface area (Å²) in [6.07, 6.45) is 0. The van der Waals surface area contributed by atoms with Crippen LogP contribution < -0.4 is 5.32 Å². The van der Waals surface area contributed by atoms with Crippen molar-refractivity contribution in [2.24, 2.45) is 5.41 Å². The molecule has 0 saturated carbocycles. The maximum Gasteiger partial charge on any atom is 0.0240 e. The molecule has 0 aromatic carbocycles. The molecular weight excluding hydrogens is 222 g/mol. The molecular formula is C15H33N3. The first-order valence-corrected chi connectivity index (χ1v) is 7.29. The average Bonchev–Trinajstić information content (AvgIpc) is 2.23. The SMILES string of the molecule is CNC(CN1CCN(C(C)(C)C)CC1)C(C)(C)C. The first-order chi connectivity index (χ1) is 8.14. The highest BCUT2D eigenvalue weighted by Crippen LogP contribution is 2.21. The number of piperazine rings is 1. The quantitative estimate of drug-likeness (QED) is 0.832. The normalized spacial score (nSPS) is 22.2. The summed E-state index contributed by atoms with van der Waals surface area (Å²) in [5.41, 5.74) is 0.647. The van der Waals surface area contributed by atoms with Crippen LogP contribution in [0.3, 0.4) is 0 Å². The van der Waals surface area contributed by atoms with Crippen LogP contribution in [0.15, 0.2) is 0 Å². The minimum atomic E-state index is 0.318. The first kappa shape index (κ1) is 15.9. The van der Waals surface area contributed by atoms with Crippen molar-refractivity contribution in [3.63, 3.8) is 0 Å². The molecule has 1 fully saturated rings. The fourth-order valence-corrected chi connectivity index (χ4v) is 2.66. The van der Waals surface area contributed by atoms with Crippen molar-refractivity contribution < 1.29 is 0 Å². The smallest absolute Gasteiger partial charge is 0.0240 e. The average molecular weight is 255 g/mol. The Kier molecular flexibility index (Phi) is 5.22. The van der Waals surface area contributed by atoms with Crippen molar-refractivity contribution in [2.75, 3.05) is 39.8 Å².